The number of aromatic nitrogens is 2. The van der Waals surface area contributed by atoms with Gasteiger partial charge in [0.15, 0.2) is 10.9 Å². The molecule has 0 bridgehead atoms. The number of halogens is 1. The van der Waals surface area contributed by atoms with Crippen molar-refractivity contribution in [3.63, 3.8) is 0 Å². The number of rotatable bonds is 3. The van der Waals surface area contributed by atoms with Gasteiger partial charge in [-0.2, -0.15) is 0 Å². The Morgan fingerprint density at radius 2 is 2.07 bits per heavy atom. The molecule has 140 valence electrons. The summed E-state index contributed by atoms with van der Waals surface area (Å²) in [4.78, 5) is 19.9. The Hall–Kier alpha value is -3.16. The van der Waals surface area contributed by atoms with Gasteiger partial charge in [0.05, 0.1) is 17.3 Å². The zero-order chi connectivity index (χ0) is 19.7. The molecule has 4 aromatic rings. The lowest BCUT2D eigenvalue weighted by molar-refractivity contribution is 0.0950. The van der Waals surface area contributed by atoms with Crippen molar-refractivity contribution in [3.8, 4) is 11.4 Å². The van der Waals surface area contributed by atoms with Gasteiger partial charge in [-0.25, -0.2) is 4.98 Å². The summed E-state index contributed by atoms with van der Waals surface area (Å²) in [6.45, 7) is 1.95. The van der Waals surface area contributed by atoms with Gasteiger partial charge in [-0.3, -0.25) is 10.1 Å². The number of furan rings is 1. The van der Waals surface area contributed by atoms with E-state index in [4.69, 9.17) is 28.2 Å². The third kappa shape index (κ3) is 3.76. The summed E-state index contributed by atoms with van der Waals surface area (Å²) in [5, 5.41) is 6.42. The summed E-state index contributed by atoms with van der Waals surface area (Å²) in [6, 6.07) is 14.5. The van der Waals surface area contributed by atoms with Gasteiger partial charge in [-0.15, -0.1) is 0 Å². The third-order valence-electron chi connectivity index (χ3n) is 4.13. The summed E-state index contributed by atoms with van der Waals surface area (Å²) in [5.41, 5.74) is 4.28. The van der Waals surface area contributed by atoms with Gasteiger partial charge < -0.3 is 14.7 Å². The van der Waals surface area contributed by atoms with E-state index in [9.17, 15) is 4.79 Å². The number of aryl methyl sites for hydroxylation is 1. The Balaban J connectivity index is 1.53. The maximum atomic E-state index is 12.0. The number of carbonyl (C=O) groups excluding carboxylic acids is 1. The second kappa shape index (κ2) is 7.46. The highest BCUT2D eigenvalue weighted by Gasteiger charge is 2.11. The molecular weight excluding hydrogens is 396 g/mol. The number of nitrogens with zero attached hydrogens (tertiary/aromatic N) is 1. The van der Waals surface area contributed by atoms with Crippen LogP contribution < -0.4 is 10.6 Å². The van der Waals surface area contributed by atoms with Crippen LogP contribution in [0, 0.1) is 6.92 Å². The number of nitrogens with one attached hydrogen (secondary N) is 3. The van der Waals surface area contributed by atoms with E-state index in [0.29, 0.717) is 10.8 Å². The minimum Gasteiger partial charge on any atom is -0.459 e. The molecule has 0 spiro atoms. The number of H-pyrrole nitrogens is 1. The van der Waals surface area contributed by atoms with E-state index in [1.165, 1.54) is 6.26 Å². The van der Waals surface area contributed by atoms with Crippen LogP contribution in [0.2, 0.25) is 5.02 Å². The van der Waals surface area contributed by atoms with Gasteiger partial charge in [0.25, 0.3) is 5.91 Å². The fourth-order valence-electron chi connectivity index (χ4n) is 2.76. The summed E-state index contributed by atoms with van der Waals surface area (Å²) >= 11 is 11.4. The van der Waals surface area contributed by atoms with E-state index in [2.05, 4.69) is 20.6 Å². The lowest BCUT2D eigenvalue weighted by Gasteiger charge is -2.09. The molecule has 0 aliphatic rings. The largest absolute Gasteiger partial charge is 0.459 e. The van der Waals surface area contributed by atoms with Crippen molar-refractivity contribution in [2.45, 2.75) is 6.92 Å². The summed E-state index contributed by atoms with van der Waals surface area (Å²) < 4.78 is 5.05. The molecular formula is C20H15ClN4O2S. The van der Waals surface area contributed by atoms with Crippen molar-refractivity contribution in [3.05, 3.63) is 71.1 Å². The van der Waals surface area contributed by atoms with Crippen molar-refractivity contribution in [2.75, 3.05) is 5.32 Å². The molecule has 0 saturated carbocycles. The molecule has 1 amide bonds. The zero-order valence-electron chi connectivity index (χ0n) is 14.7. The maximum absolute atomic E-state index is 12.0. The number of hydrogen-bond donors (Lipinski definition) is 3. The highest BCUT2D eigenvalue weighted by Crippen LogP contribution is 2.26. The second-order valence-corrected chi connectivity index (χ2v) is 6.99. The van der Waals surface area contributed by atoms with Crippen LogP contribution >= 0.6 is 23.8 Å². The molecule has 0 radical (unpaired) electrons. The molecule has 0 unspecified atom stereocenters. The van der Waals surface area contributed by atoms with E-state index in [1.807, 2.05) is 43.3 Å². The maximum Gasteiger partial charge on any atom is 0.293 e. The second-order valence-electron chi connectivity index (χ2n) is 6.17. The number of aromatic amines is 1. The van der Waals surface area contributed by atoms with Gasteiger partial charge in [0, 0.05) is 16.3 Å². The number of benzene rings is 2. The highest BCUT2D eigenvalue weighted by atomic mass is 35.5. The molecule has 2 heterocycles. The first kappa shape index (κ1) is 18.2. The number of imidazole rings is 1. The topological polar surface area (TPSA) is 83.0 Å². The average molecular weight is 411 g/mol. The predicted octanol–water partition coefficient (Wildman–Crippen LogP) is 4.91. The number of amides is 1. The summed E-state index contributed by atoms with van der Waals surface area (Å²) in [6.07, 6.45) is 1.43. The first-order valence-corrected chi connectivity index (χ1v) is 9.20. The minimum atomic E-state index is -0.414. The molecule has 0 aliphatic carbocycles. The molecule has 6 nitrogen and oxygen atoms in total. The van der Waals surface area contributed by atoms with Crippen molar-refractivity contribution in [1.82, 2.24) is 15.3 Å². The fraction of sp³-hybridized carbons (Fsp3) is 0.0500. The number of carbonyl (C=O) groups is 1. The third-order valence-corrected chi connectivity index (χ3v) is 4.74. The summed E-state index contributed by atoms with van der Waals surface area (Å²) in [7, 11) is 0. The molecule has 4 rings (SSSR count). The smallest absolute Gasteiger partial charge is 0.293 e. The molecule has 3 N–H and O–H groups in total. The lowest BCUT2D eigenvalue weighted by atomic mass is 10.2. The Morgan fingerprint density at radius 3 is 2.86 bits per heavy atom. The monoisotopic (exact) mass is 410 g/mol. The van der Waals surface area contributed by atoms with Crippen LogP contribution in [0.4, 0.5) is 5.69 Å². The van der Waals surface area contributed by atoms with Crippen molar-refractivity contribution >= 4 is 51.6 Å². The van der Waals surface area contributed by atoms with Gasteiger partial charge >= 0.3 is 0 Å². The Labute approximate surface area is 170 Å². The fourth-order valence-corrected chi connectivity index (χ4v) is 3.12. The average Bonchev–Trinajstić information content (AvgIpc) is 3.32. The van der Waals surface area contributed by atoms with E-state index >= 15 is 0 Å². The zero-order valence-corrected chi connectivity index (χ0v) is 16.3. The standard InChI is InChI=1S/C20H15ClN4O2S/c1-11-8-15-16(10-14(11)21)24-18(23-15)12-4-2-5-13(9-12)22-20(28)25-19(26)17-6-3-7-27-17/h2-10H,1H3,(H,23,24)(H2,22,25,26,28). The highest BCUT2D eigenvalue weighted by molar-refractivity contribution is 7.80. The number of fused-ring (bicyclic) bond motifs is 1. The van der Waals surface area contributed by atoms with Gasteiger partial charge in [-0.05, 0) is 61.1 Å². The lowest BCUT2D eigenvalue weighted by Crippen LogP contribution is -2.33. The first-order chi connectivity index (χ1) is 13.5. The van der Waals surface area contributed by atoms with Crippen molar-refractivity contribution in [2.24, 2.45) is 0 Å². The van der Waals surface area contributed by atoms with Crippen LogP contribution in [0.1, 0.15) is 16.1 Å². The van der Waals surface area contributed by atoms with Gasteiger partial charge in [0.1, 0.15) is 5.82 Å². The Bertz CT molecular complexity index is 1150. The first-order valence-electron chi connectivity index (χ1n) is 8.42. The van der Waals surface area contributed by atoms with E-state index < -0.39 is 5.91 Å². The number of hydrogen-bond acceptors (Lipinski definition) is 4. The van der Waals surface area contributed by atoms with Crippen LogP contribution in [0.3, 0.4) is 0 Å². The SMILES string of the molecule is Cc1cc2[nH]c(-c3cccc(NC(=S)NC(=O)c4ccco4)c3)nc2cc1Cl. The Kier molecular flexibility index (Phi) is 4.85. The molecule has 0 fully saturated rings. The van der Waals surface area contributed by atoms with Gasteiger partial charge in [0.2, 0.25) is 0 Å². The number of thiocarbonyl (C=S) groups is 1. The van der Waals surface area contributed by atoms with Crippen molar-refractivity contribution < 1.29 is 9.21 Å². The van der Waals surface area contributed by atoms with Crippen LogP contribution in [0.25, 0.3) is 22.4 Å². The van der Waals surface area contributed by atoms with Crippen LogP contribution in [-0.4, -0.2) is 21.0 Å². The molecule has 2 aromatic carbocycles. The molecule has 0 saturated heterocycles. The molecule has 0 atom stereocenters. The van der Waals surface area contributed by atoms with Crippen molar-refractivity contribution in [1.29, 1.82) is 0 Å². The predicted molar refractivity (Wildman–Crippen MR) is 114 cm³/mol. The minimum absolute atomic E-state index is 0.172. The summed E-state index contributed by atoms with van der Waals surface area (Å²) in [5.74, 6) is 0.489. The molecule has 2 aromatic heterocycles. The van der Waals surface area contributed by atoms with E-state index in [-0.39, 0.29) is 10.9 Å². The molecule has 0 aliphatic heterocycles. The van der Waals surface area contributed by atoms with Crippen LogP contribution in [0.15, 0.2) is 59.2 Å². The Morgan fingerprint density at radius 1 is 1.21 bits per heavy atom. The van der Waals surface area contributed by atoms with E-state index in [0.717, 1.165) is 27.8 Å². The molecule has 28 heavy (non-hydrogen) atoms. The van der Waals surface area contributed by atoms with Crippen LogP contribution in [-0.2, 0) is 0 Å². The number of anilines is 1. The van der Waals surface area contributed by atoms with Crippen LogP contribution in [0.5, 0.6) is 0 Å². The normalized spacial score (nSPS) is 10.8. The molecule has 8 heteroatoms. The van der Waals surface area contributed by atoms with E-state index in [1.54, 1.807) is 12.1 Å². The quantitative estimate of drug-likeness (QED) is 0.418. The van der Waals surface area contributed by atoms with Gasteiger partial charge in [-0.1, -0.05) is 23.7 Å².